The average molecular weight is 348 g/mol. The first-order valence-corrected chi connectivity index (χ1v) is 7.75. The van der Waals surface area contributed by atoms with Gasteiger partial charge in [0.25, 0.3) is 5.91 Å². The number of aromatic nitrogens is 1. The van der Waals surface area contributed by atoms with Gasteiger partial charge in [0, 0.05) is 36.9 Å². The molecular formula is C17H18ClN3O3. The number of halogens is 1. The molecule has 1 aromatic carbocycles. The zero-order valence-corrected chi connectivity index (χ0v) is 14.0. The number of nitrogens with zero attached hydrogens (tertiary/aromatic N) is 1. The number of benzene rings is 1. The number of nitrogens with one attached hydrogen (secondary N) is 2. The number of methoxy groups -OCH3 is 1. The van der Waals surface area contributed by atoms with Crippen LogP contribution in [0, 0.1) is 0 Å². The monoisotopic (exact) mass is 347 g/mol. The molecule has 0 atom stereocenters. The van der Waals surface area contributed by atoms with Gasteiger partial charge in [-0.2, -0.15) is 0 Å². The second kappa shape index (κ2) is 8.88. The van der Waals surface area contributed by atoms with E-state index in [1.54, 1.807) is 30.6 Å². The number of pyridine rings is 1. The molecule has 0 aliphatic rings. The van der Waals surface area contributed by atoms with Gasteiger partial charge in [0.05, 0.1) is 12.7 Å². The van der Waals surface area contributed by atoms with Crippen LogP contribution in [0.1, 0.15) is 22.3 Å². The zero-order valence-electron chi connectivity index (χ0n) is 13.2. The molecule has 1 aromatic heterocycles. The third-order valence-electron chi connectivity index (χ3n) is 3.28. The Morgan fingerprint density at radius 3 is 2.62 bits per heavy atom. The molecule has 0 spiro atoms. The van der Waals surface area contributed by atoms with Crippen LogP contribution in [-0.4, -0.2) is 30.5 Å². The van der Waals surface area contributed by atoms with Gasteiger partial charge in [0.15, 0.2) is 0 Å². The number of hydrogen-bond acceptors (Lipinski definition) is 4. The predicted molar refractivity (Wildman–Crippen MR) is 91.0 cm³/mol. The van der Waals surface area contributed by atoms with E-state index in [1.165, 1.54) is 7.11 Å². The first kappa shape index (κ1) is 17.7. The Labute approximate surface area is 145 Å². The van der Waals surface area contributed by atoms with Gasteiger partial charge >= 0.3 is 0 Å². The van der Waals surface area contributed by atoms with Gasteiger partial charge in [-0.3, -0.25) is 14.6 Å². The summed E-state index contributed by atoms with van der Waals surface area (Å²) in [6.07, 6.45) is 3.52. The molecule has 0 radical (unpaired) electrons. The third kappa shape index (κ3) is 5.24. The normalized spacial score (nSPS) is 10.1. The number of rotatable bonds is 7. The second-order valence-electron chi connectivity index (χ2n) is 4.98. The highest BCUT2D eigenvalue weighted by atomic mass is 35.5. The van der Waals surface area contributed by atoms with Gasteiger partial charge in [-0.1, -0.05) is 11.6 Å². The fourth-order valence-corrected chi connectivity index (χ4v) is 2.19. The van der Waals surface area contributed by atoms with E-state index in [1.807, 2.05) is 12.1 Å². The highest BCUT2D eigenvalue weighted by molar-refractivity contribution is 6.30. The van der Waals surface area contributed by atoms with Crippen molar-refractivity contribution >= 4 is 23.4 Å². The maximum atomic E-state index is 12.1. The third-order valence-corrected chi connectivity index (χ3v) is 3.52. The van der Waals surface area contributed by atoms with Gasteiger partial charge < -0.3 is 15.4 Å². The van der Waals surface area contributed by atoms with Crippen LogP contribution >= 0.6 is 11.6 Å². The van der Waals surface area contributed by atoms with Crippen molar-refractivity contribution in [2.24, 2.45) is 0 Å². The molecule has 0 fully saturated rings. The van der Waals surface area contributed by atoms with Crippen LogP contribution in [0.15, 0.2) is 42.7 Å². The van der Waals surface area contributed by atoms with Crippen molar-refractivity contribution in [3.8, 4) is 5.75 Å². The fraction of sp³-hybridized carbons (Fsp3) is 0.235. The average Bonchev–Trinajstić information content (AvgIpc) is 2.60. The van der Waals surface area contributed by atoms with E-state index in [2.05, 4.69) is 15.6 Å². The number of carbonyl (C=O) groups excluding carboxylic acids is 2. The Bertz CT molecular complexity index is 707. The summed E-state index contributed by atoms with van der Waals surface area (Å²) < 4.78 is 5.13. The molecule has 6 nitrogen and oxygen atoms in total. The number of amides is 2. The number of ether oxygens (including phenoxy) is 1. The van der Waals surface area contributed by atoms with Crippen LogP contribution in [0.2, 0.25) is 5.02 Å². The van der Waals surface area contributed by atoms with Crippen LogP contribution < -0.4 is 15.4 Å². The highest BCUT2D eigenvalue weighted by Gasteiger charge is 2.12. The molecule has 0 saturated heterocycles. The van der Waals surface area contributed by atoms with Crippen molar-refractivity contribution in [3.63, 3.8) is 0 Å². The zero-order chi connectivity index (χ0) is 17.4. The summed E-state index contributed by atoms with van der Waals surface area (Å²) in [4.78, 5) is 27.8. The van der Waals surface area contributed by atoms with E-state index in [0.717, 1.165) is 5.56 Å². The summed E-state index contributed by atoms with van der Waals surface area (Å²) >= 11 is 5.86. The molecule has 2 rings (SSSR count). The highest BCUT2D eigenvalue weighted by Crippen LogP contribution is 2.22. The molecule has 0 bridgehead atoms. The van der Waals surface area contributed by atoms with E-state index in [-0.39, 0.29) is 24.8 Å². The van der Waals surface area contributed by atoms with Gasteiger partial charge in [-0.05, 0) is 35.9 Å². The van der Waals surface area contributed by atoms with Crippen LogP contribution in [-0.2, 0) is 11.3 Å². The van der Waals surface area contributed by atoms with Crippen LogP contribution in [0.3, 0.4) is 0 Å². The van der Waals surface area contributed by atoms with Gasteiger partial charge in [-0.25, -0.2) is 0 Å². The molecule has 0 aliphatic heterocycles. The Morgan fingerprint density at radius 1 is 1.17 bits per heavy atom. The van der Waals surface area contributed by atoms with E-state index in [9.17, 15) is 9.59 Å². The second-order valence-corrected chi connectivity index (χ2v) is 5.42. The summed E-state index contributed by atoms with van der Waals surface area (Å²) in [5, 5.41) is 5.96. The molecule has 0 unspecified atom stereocenters. The maximum absolute atomic E-state index is 12.1. The first-order valence-electron chi connectivity index (χ1n) is 7.37. The standard InChI is InChI=1S/C17H18ClN3O3/c1-24-15-10-13(18)2-3-14(15)17(23)20-9-6-16(22)21-11-12-4-7-19-8-5-12/h2-5,7-8,10H,6,9,11H2,1H3,(H,20,23)(H,21,22). The topological polar surface area (TPSA) is 80.3 Å². The lowest BCUT2D eigenvalue weighted by Gasteiger charge is -2.10. The van der Waals surface area contributed by atoms with E-state index >= 15 is 0 Å². The molecule has 2 aromatic rings. The maximum Gasteiger partial charge on any atom is 0.255 e. The molecule has 1 heterocycles. The summed E-state index contributed by atoms with van der Waals surface area (Å²) in [5.41, 5.74) is 1.34. The SMILES string of the molecule is COc1cc(Cl)ccc1C(=O)NCCC(=O)NCc1ccncc1. The van der Waals surface area contributed by atoms with Crippen molar-refractivity contribution in [2.45, 2.75) is 13.0 Å². The lowest BCUT2D eigenvalue weighted by atomic mass is 10.2. The van der Waals surface area contributed by atoms with Gasteiger partial charge in [0.2, 0.25) is 5.91 Å². The molecule has 7 heteroatoms. The predicted octanol–water partition coefficient (Wildman–Crippen LogP) is 2.18. The lowest BCUT2D eigenvalue weighted by molar-refractivity contribution is -0.121. The molecule has 2 amide bonds. The Balaban J connectivity index is 1.77. The Morgan fingerprint density at radius 2 is 1.92 bits per heavy atom. The quantitative estimate of drug-likeness (QED) is 0.804. The van der Waals surface area contributed by atoms with E-state index in [0.29, 0.717) is 22.9 Å². The minimum absolute atomic E-state index is 0.143. The van der Waals surface area contributed by atoms with Crippen molar-refractivity contribution in [1.82, 2.24) is 15.6 Å². The van der Waals surface area contributed by atoms with E-state index in [4.69, 9.17) is 16.3 Å². The fourth-order valence-electron chi connectivity index (χ4n) is 2.03. The largest absolute Gasteiger partial charge is 0.496 e. The van der Waals surface area contributed by atoms with Crippen LogP contribution in [0.25, 0.3) is 0 Å². The summed E-state index contributed by atoms with van der Waals surface area (Å²) in [5.74, 6) is -0.0669. The van der Waals surface area contributed by atoms with E-state index < -0.39 is 0 Å². The van der Waals surface area contributed by atoms with Crippen molar-refractivity contribution < 1.29 is 14.3 Å². The minimum atomic E-state index is -0.314. The summed E-state index contributed by atoms with van der Waals surface area (Å²) in [6, 6.07) is 8.42. The lowest BCUT2D eigenvalue weighted by Crippen LogP contribution is -2.30. The molecular weight excluding hydrogens is 330 g/mol. The first-order chi connectivity index (χ1) is 11.6. The van der Waals surface area contributed by atoms with Gasteiger partial charge in [-0.15, -0.1) is 0 Å². The Kier molecular flexibility index (Phi) is 6.57. The van der Waals surface area contributed by atoms with Crippen molar-refractivity contribution in [2.75, 3.05) is 13.7 Å². The number of carbonyl (C=O) groups is 2. The summed E-state index contributed by atoms with van der Waals surface area (Å²) in [7, 11) is 1.47. The smallest absolute Gasteiger partial charge is 0.255 e. The van der Waals surface area contributed by atoms with Crippen LogP contribution in [0.4, 0.5) is 0 Å². The molecule has 0 aliphatic carbocycles. The van der Waals surface area contributed by atoms with Gasteiger partial charge in [0.1, 0.15) is 5.75 Å². The molecule has 126 valence electrons. The Hall–Kier alpha value is -2.60. The molecule has 0 saturated carbocycles. The molecule has 24 heavy (non-hydrogen) atoms. The van der Waals surface area contributed by atoms with Crippen LogP contribution in [0.5, 0.6) is 5.75 Å². The van der Waals surface area contributed by atoms with Crippen molar-refractivity contribution in [1.29, 1.82) is 0 Å². The number of hydrogen-bond donors (Lipinski definition) is 2. The van der Waals surface area contributed by atoms with Crippen molar-refractivity contribution in [3.05, 3.63) is 58.9 Å². The molecule has 2 N–H and O–H groups in total. The summed E-state index contributed by atoms with van der Waals surface area (Å²) in [6.45, 7) is 0.660. The minimum Gasteiger partial charge on any atom is -0.496 e.